The van der Waals surface area contributed by atoms with Gasteiger partial charge in [-0.3, -0.25) is 0 Å². The molecule has 0 bridgehead atoms. The van der Waals surface area contributed by atoms with Crippen molar-refractivity contribution in [2.75, 3.05) is 19.0 Å². The van der Waals surface area contributed by atoms with Gasteiger partial charge in [0.05, 0.1) is 13.7 Å². The normalized spacial score (nSPS) is 10.2. The first-order valence-corrected chi connectivity index (χ1v) is 7.40. The largest absolute Gasteiger partial charge is 0.493 e. The average Bonchev–Trinajstić information content (AvgIpc) is 2.53. The molecule has 112 valence electrons. The highest BCUT2D eigenvalue weighted by Crippen LogP contribution is 2.30. The quantitative estimate of drug-likeness (QED) is 0.824. The number of hydrogen-bond donors (Lipinski definition) is 1. The summed E-state index contributed by atoms with van der Waals surface area (Å²) in [4.78, 5) is 0. The van der Waals surface area contributed by atoms with E-state index in [1.54, 1.807) is 7.11 Å². The summed E-state index contributed by atoms with van der Waals surface area (Å²) in [5, 5.41) is 3.45. The molecular formula is C18H23NO2. The van der Waals surface area contributed by atoms with E-state index in [1.807, 2.05) is 25.1 Å². The van der Waals surface area contributed by atoms with Gasteiger partial charge >= 0.3 is 0 Å². The van der Waals surface area contributed by atoms with Gasteiger partial charge in [-0.1, -0.05) is 31.2 Å². The van der Waals surface area contributed by atoms with Gasteiger partial charge in [0.2, 0.25) is 0 Å². The fraction of sp³-hybridized carbons (Fsp3) is 0.333. The van der Waals surface area contributed by atoms with E-state index in [0.717, 1.165) is 30.2 Å². The van der Waals surface area contributed by atoms with Gasteiger partial charge in [0.25, 0.3) is 0 Å². The maximum absolute atomic E-state index is 5.60. The van der Waals surface area contributed by atoms with Crippen molar-refractivity contribution >= 4 is 5.69 Å². The minimum absolute atomic E-state index is 0.623. The highest BCUT2D eigenvalue weighted by Gasteiger charge is 2.06. The van der Waals surface area contributed by atoms with Crippen LogP contribution >= 0.6 is 0 Å². The maximum Gasteiger partial charge on any atom is 0.163 e. The smallest absolute Gasteiger partial charge is 0.163 e. The lowest BCUT2D eigenvalue weighted by Gasteiger charge is -2.13. The minimum atomic E-state index is 0.623. The second kappa shape index (κ2) is 7.58. The summed E-state index contributed by atoms with van der Waals surface area (Å²) in [5.74, 6) is 1.53. The van der Waals surface area contributed by atoms with Crippen LogP contribution in [0.2, 0.25) is 0 Å². The van der Waals surface area contributed by atoms with Crippen molar-refractivity contribution in [3.05, 3.63) is 53.6 Å². The maximum atomic E-state index is 5.60. The Labute approximate surface area is 126 Å². The predicted molar refractivity (Wildman–Crippen MR) is 87.3 cm³/mol. The van der Waals surface area contributed by atoms with Crippen molar-refractivity contribution in [2.24, 2.45) is 0 Å². The molecule has 0 atom stereocenters. The molecule has 3 heteroatoms. The van der Waals surface area contributed by atoms with Crippen molar-refractivity contribution in [1.82, 2.24) is 0 Å². The van der Waals surface area contributed by atoms with Gasteiger partial charge < -0.3 is 14.8 Å². The number of methoxy groups -OCH3 is 1. The molecular weight excluding hydrogens is 262 g/mol. The molecule has 0 heterocycles. The van der Waals surface area contributed by atoms with Crippen LogP contribution in [-0.4, -0.2) is 13.7 Å². The number of benzene rings is 2. The van der Waals surface area contributed by atoms with Crippen LogP contribution in [0.5, 0.6) is 11.5 Å². The third-order valence-corrected chi connectivity index (χ3v) is 3.45. The summed E-state index contributed by atoms with van der Waals surface area (Å²) >= 11 is 0. The zero-order valence-electron chi connectivity index (χ0n) is 13.0. The third-order valence-electron chi connectivity index (χ3n) is 3.45. The second-order valence-electron chi connectivity index (χ2n) is 4.77. The summed E-state index contributed by atoms with van der Waals surface area (Å²) < 4.78 is 10.9. The van der Waals surface area contributed by atoms with Crippen LogP contribution in [0.3, 0.4) is 0 Å². The molecule has 2 rings (SSSR count). The number of hydrogen-bond acceptors (Lipinski definition) is 3. The van der Waals surface area contributed by atoms with Crippen LogP contribution < -0.4 is 14.8 Å². The second-order valence-corrected chi connectivity index (χ2v) is 4.77. The van der Waals surface area contributed by atoms with Crippen molar-refractivity contribution in [2.45, 2.75) is 26.8 Å². The fourth-order valence-electron chi connectivity index (χ4n) is 2.33. The number of ether oxygens (including phenoxy) is 2. The molecule has 0 fully saturated rings. The SMILES string of the molecule is CCOc1cc(NCc2ccccc2CC)ccc1OC. The Kier molecular flexibility index (Phi) is 5.50. The van der Waals surface area contributed by atoms with Gasteiger partial charge in [0, 0.05) is 18.3 Å². The monoisotopic (exact) mass is 285 g/mol. The molecule has 0 radical (unpaired) electrons. The summed E-state index contributed by atoms with van der Waals surface area (Å²) in [6, 6.07) is 14.4. The first-order valence-electron chi connectivity index (χ1n) is 7.40. The Morgan fingerprint density at radius 2 is 1.71 bits per heavy atom. The topological polar surface area (TPSA) is 30.5 Å². The van der Waals surface area contributed by atoms with Crippen molar-refractivity contribution < 1.29 is 9.47 Å². The predicted octanol–water partition coefficient (Wildman–Crippen LogP) is 4.27. The van der Waals surface area contributed by atoms with Crippen molar-refractivity contribution in [3.63, 3.8) is 0 Å². The fourth-order valence-corrected chi connectivity index (χ4v) is 2.33. The van der Waals surface area contributed by atoms with Crippen LogP contribution in [0.1, 0.15) is 25.0 Å². The summed E-state index contributed by atoms with van der Waals surface area (Å²) in [6.45, 7) is 5.58. The van der Waals surface area contributed by atoms with Gasteiger partial charge in [-0.05, 0) is 36.6 Å². The molecule has 2 aromatic rings. The molecule has 0 saturated heterocycles. The molecule has 1 N–H and O–H groups in total. The van der Waals surface area contributed by atoms with E-state index in [2.05, 4.69) is 36.5 Å². The van der Waals surface area contributed by atoms with E-state index >= 15 is 0 Å². The molecule has 3 nitrogen and oxygen atoms in total. The molecule has 2 aromatic carbocycles. The molecule has 0 aliphatic carbocycles. The van der Waals surface area contributed by atoms with E-state index in [4.69, 9.17) is 9.47 Å². The Morgan fingerprint density at radius 1 is 0.952 bits per heavy atom. The third kappa shape index (κ3) is 3.91. The lowest BCUT2D eigenvalue weighted by molar-refractivity contribution is 0.311. The van der Waals surface area contributed by atoms with Gasteiger partial charge in [-0.15, -0.1) is 0 Å². The van der Waals surface area contributed by atoms with Crippen LogP contribution in [0, 0.1) is 0 Å². The van der Waals surface area contributed by atoms with Gasteiger partial charge in [-0.2, -0.15) is 0 Å². The van der Waals surface area contributed by atoms with Crippen LogP contribution in [-0.2, 0) is 13.0 Å². The Hall–Kier alpha value is -2.16. The van der Waals surface area contributed by atoms with E-state index in [-0.39, 0.29) is 0 Å². The highest BCUT2D eigenvalue weighted by atomic mass is 16.5. The first kappa shape index (κ1) is 15.2. The number of anilines is 1. The number of aryl methyl sites for hydroxylation is 1. The van der Waals surface area contributed by atoms with Crippen LogP contribution in [0.4, 0.5) is 5.69 Å². The standard InChI is InChI=1S/C18H23NO2/c1-4-14-8-6-7-9-15(14)13-19-16-10-11-17(20-3)18(12-16)21-5-2/h6-12,19H,4-5,13H2,1-3H3. The molecule has 21 heavy (non-hydrogen) atoms. The lowest BCUT2D eigenvalue weighted by atomic mass is 10.1. The van der Waals surface area contributed by atoms with Gasteiger partial charge in [0.15, 0.2) is 11.5 Å². The zero-order chi connectivity index (χ0) is 15.1. The molecule has 0 aromatic heterocycles. The van der Waals surface area contributed by atoms with Crippen molar-refractivity contribution in [3.8, 4) is 11.5 Å². The van der Waals surface area contributed by atoms with E-state index in [0.29, 0.717) is 6.61 Å². The molecule has 0 aliphatic rings. The van der Waals surface area contributed by atoms with Crippen LogP contribution in [0.25, 0.3) is 0 Å². The van der Waals surface area contributed by atoms with Gasteiger partial charge in [0.1, 0.15) is 0 Å². The first-order chi connectivity index (χ1) is 10.3. The highest BCUT2D eigenvalue weighted by molar-refractivity contribution is 5.55. The molecule has 0 aliphatic heterocycles. The molecule has 0 saturated carbocycles. The number of nitrogens with one attached hydrogen (secondary N) is 1. The van der Waals surface area contributed by atoms with E-state index < -0.39 is 0 Å². The average molecular weight is 285 g/mol. The Bertz CT molecular complexity index is 581. The van der Waals surface area contributed by atoms with Gasteiger partial charge in [-0.25, -0.2) is 0 Å². The summed E-state index contributed by atoms with van der Waals surface area (Å²) in [5.41, 5.74) is 3.74. The molecule has 0 spiro atoms. The minimum Gasteiger partial charge on any atom is -0.493 e. The molecule has 0 unspecified atom stereocenters. The Morgan fingerprint density at radius 3 is 2.38 bits per heavy atom. The van der Waals surface area contributed by atoms with E-state index in [9.17, 15) is 0 Å². The lowest BCUT2D eigenvalue weighted by Crippen LogP contribution is -2.03. The van der Waals surface area contributed by atoms with E-state index in [1.165, 1.54) is 11.1 Å². The summed E-state index contributed by atoms with van der Waals surface area (Å²) in [7, 11) is 1.66. The molecule has 0 amide bonds. The van der Waals surface area contributed by atoms with Crippen LogP contribution in [0.15, 0.2) is 42.5 Å². The number of rotatable bonds is 7. The zero-order valence-corrected chi connectivity index (χ0v) is 13.0. The summed E-state index contributed by atoms with van der Waals surface area (Å²) in [6.07, 6.45) is 1.05. The Balaban J connectivity index is 2.11. The van der Waals surface area contributed by atoms with Crippen molar-refractivity contribution in [1.29, 1.82) is 0 Å².